The Balaban J connectivity index is 2.40. The van der Waals surface area contributed by atoms with Crippen LogP contribution in [0.3, 0.4) is 0 Å². The van der Waals surface area contributed by atoms with Crippen LogP contribution in [0.2, 0.25) is 0 Å². The van der Waals surface area contributed by atoms with Crippen molar-refractivity contribution in [2.24, 2.45) is 0 Å². The maximum absolute atomic E-state index is 12.8. The lowest BCUT2D eigenvalue weighted by Gasteiger charge is -2.36. The van der Waals surface area contributed by atoms with Crippen molar-refractivity contribution in [3.8, 4) is 11.5 Å². The number of nitrogens with zero attached hydrogens (tertiary/aromatic N) is 1. The van der Waals surface area contributed by atoms with Crippen LogP contribution in [0.25, 0.3) is 0 Å². The van der Waals surface area contributed by atoms with Gasteiger partial charge >= 0.3 is 6.18 Å². The first-order valence-electron chi connectivity index (χ1n) is 7.51. The second-order valence-electron chi connectivity index (χ2n) is 5.60. The topological polar surface area (TPSA) is 44.7 Å². The van der Waals surface area contributed by atoms with Gasteiger partial charge in [0.25, 0.3) is 0 Å². The Morgan fingerprint density at radius 3 is 2.46 bits per heavy atom. The highest BCUT2D eigenvalue weighted by Crippen LogP contribution is 2.46. The van der Waals surface area contributed by atoms with E-state index in [0.717, 1.165) is 13.1 Å². The smallest absolute Gasteiger partial charge is 0.389 e. The molecule has 1 aliphatic rings. The van der Waals surface area contributed by atoms with Crippen molar-refractivity contribution >= 4 is 31.9 Å². The van der Waals surface area contributed by atoms with Crippen LogP contribution >= 0.6 is 31.9 Å². The molecule has 0 aliphatic carbocycles. The molecule has 0 radical (unpaired) electrons. The van der Waals surface area contributed by atoms with Crippen LogP contribution in [0.5, 0.6) is 11.5 Å². The minimum atomic E-state index is -4.21. The van der Waals surface area contributed by atoms with E-state index in [0.29, 0.717) is 27.6 Å². The zero-order chi connectivity index (χ0) is 17.9. The molecular weight excluding hydrogens is 457 g/mol. The molecule has 4 nitrogen and oxygen atoms in total. The zero-order valence-corrected chi connectivity index (χ0v) is 16.3. The first-order chi connectivity index (χ1) is 11.2. The summed E-state index contributed by atoms with van der Waals surface area (Å²) in [6.45, 7) is 2.79. The summed E-state index contributed by atoms with van der Waals surface area (Å²) in [5.74, 6) is 0.148. The number of ether oxygens (including phenoxy) is 1. The third-order valence-corrected chi connectivity index (χ3v) is 6.21. The van der Waals surface area contributed by atoms with Gasteiger partial charge in [0, 0.05) is 43.1 Å². The van der Waals surface area contributed by atoms with E-state index in [9.17, 15) is 18.3 Å². The summed E-state index contributed by atoms with van der Waals surface area (Å²) in [6.07, 6.45) is -5.13. The first-order valence-corrected chi connectivity index (χ1v) is 9.09. The van der Waals surface area contributed by atoms with Crippen LogP contribution in [0.4, 0.5) is 13.2 Å². The molecule has 0 amide bonds. The van der Waals surface area contributed by atoms with Crippen molar-refractivity contribution in [3.05, 3.63) is 20.6 Å². The highest BCUT2D eigenvalue weighted by molar-refractivity contribution is 9.13. The Labute approximate surface area is 155 Å². The molecule has 0 aromatic heterocycles. The molecule has 0 bridgehead atoms. The van der Waals surface area contributed by atoms with Crippen molar-refractivity contribution in [2.75, 3.05) is 33.3 Å². The van der Waals surface area contributed by atoms with Crippen molar-refractivity contribution in [3.63, 3.8) is 0 Å². The fourth-order valence-corrected chi connectivity index (χ4v) is 3.83. The number of phenols is 1. The lowest BCUT2D eigenvalue weighted by molar-refractivity contribution is -0.138. The Morgan fingerprint density at radius 2 is 1.92 bits per heavy atom. The molecule has 0 spiro atoms. The van der Waals surface area contributed by atoms with E-state index in [-0.39, 0.29) is 17.9 Å². The van der Waals surface area contributed by atoms with E-state index in [4.69, 9.17) is 4.74 Å². The van der Waals surface area contributed by atoms with Gasteiger partial charge in [-0.1, -0.05) is 0 Å². The highest BCUT2D eigenvalue weighted by atomic mass is 79.9. The number of halogens is 5. The molecule has 1 atom stereocenters. The van der Waals surface area contributed by atoms with E-state index in [1.807, 2.05) is 4.90 Å². The third-order valence-electron chi connectivity index (χ3n) is 4.05. The molecule has 9 heteroatoms. The van der Waals surface area contributed by atoms with Gasteiger partial charge in [-0.3, -0.25) is 4.90 Å². The summed E-state index contributed by atoms with van der Waals surface area (Å²) in [5, 5.41) is 13.3. The number of alkyl halides is 3. The molecule has 1 saturated heterocycles. The van der Waals surface area contributed by atoms with Crippen molar-refractivity contribution in [1.82, 2.24) is 10.2 Å². The van der Waals surface area contributed by atoms with Gasteiger partial charge in [-0.25, -0.2) is 0 Å². The van der Waals surface area contributed by atoms with Crippen molar-refractivity contribution < 1.29 is 23.0 Å². The quantitative estimate of drug-likeness (QED) is 0.669. The number of hydrogen-bond acceptors (Lipinski definition) is 4. The second kappa shape index (κ2) is 8.25. The van der Waals surface area contributed by atoms with E-state index in [1.165, 1.54) is 7.11 Å². The van der Waals surface area contributed by atoms with Gasteiger partial charge in [-0.2, -0.15) is 13.2 Å². The van der Waals surface area contributed by atoms with Gasteiger partial charge in [0.05, 0.1) is 11.6 Å². The van der Waals surface area contributed by atoms with Gasteiger partial charge in [0.15, 0.2) is 11.5 Å². The molecule has 136 valence electrons. The van der Waals surface area contributed by atoms with E-state index >= 15 is 0 Å². The average molecular weight is 476 g/mol. The molecular formula is C15H19Br2F3N2O2. The van der Waals surface area contributed by atoms with Gasteiger partial charge < -0.3 is 15.2 Å². The number of methoxy groups -OCH3 is 1. The van der Waals surface area contributed by atoms with Crippen LogP contribution in [0.15, 0.2) is 15.0 Å². The number of phenolic OH excluding ortho intramolecular Hbond substituents is 1. The summed E-state index contributed by atoms with van der Waals surface area (Å²) < 4.78 is 44.4. The molecule has 1 aromatic carbocycles. The molecule has 0 unspecified atom stereocenters. The summed E-state index contributed by atoms with van der Waals surface area (Å²) in [5.41, 5.74) is 0.669. The molecule has 24 heavy (non-hydrogen) atoms. The summed E-state index contributed by atoms with van der Waals surface area (Å²) >= 11 is 6.67. The van der Waals surface area contributed by atoms with E-state index < -0.39 is 18.6 Å². The van der Waals surface area contributed by atoms with Gasteiger partial charge in [-0.05, 0) is 49.9 Å². The number of piperazine rings is 1. The molecule has 2 N–H and O–H groups in total. The lowest BCUT2D eigenvalue weighted by atomic mass is 9.98. The summed E-state index contributed by atoms with van der Waals surface area (Å²) in [6, 6.07) is 1.18. The fraction of sp³-hybridized carbons (Fsp3) is 0.600. The van der Waals surface area contributed by atoms with Crippen LogP contribution in [0.1, 0.15) is 24.4 Å². The van der Waals surface area contributed by atoms with Gasteiger partial charge in [-0.15, -0.1) is 0 Å². The third kappa shape index (κ3) is 4.77. The van der Waals surface area contributed by atoms with Crippen LogP contribution in [-0.4, -0.2) is 49.5 Å². The van der Waals surface area contributed by atoms with Crippen molar-refractivity contribution in [1.29, 1.82) is 0 Å². The normalized spacial score (nSPS) is 17.8. The molecule has 1 aliphatic heterocycles. The Hall–Kier alpha value is -0.510. The standard InChI is InChI=1S/C15H19Br2F3N2O2/c1-24-11-8-9(12(16)13(17)14(11)23)10(2-3-15(18,19)20)22-6-4-21-5-7-22/h8,10,21,23H,2-7H2,1H3/t10-/m0/s1. The Morgan fingerprint density at radius 1 is 1.29 bits per heavy atom. The van der Waals surface area contributed by atoms with Crippen LogP contribution in [-0.2, 0) is 0 Å². The maximum Gasteiger partial charge on any atom is 0.389 e. The number of rotatable bonds is 5. The van der Waals surface area contributed by atoms with Crippen LogP contribution in [0, 0.1) is 0 Å². The van der Waals surface area contributed by atoms with Crippen LogP contribution < -0.4 is 10.1 Å². The summed E-state index contributed by atoms with van der Waals surface area (Å²) in [4.78, 5) is 2.03. The van der Waals surface area contributed by atoms with Gasteiger partial charge in [0.1, 0.15) is 0 Å². The monoisotopic (exact) mass is 474 g/mol. The number of aromatic hydroxyl groups is 1. The SMILES string of the molecule is COc1cc([C@H](CCC(F)(F)F)N2CCNCC2)c(Br)c(Br)c1O. The Kier molecular flexibility index (Phi) is 6.81. The molecule has 1 fully saturated rings. The first kappa shape index (κ1) is 19.8. The number of nitrogens with one attached hydrogen (secondary N) is 1. The molecule has 2 rings (SSSR count). The second-order valence-corrected chi connectivity index (χ2v) is 7.19. The predicted octanol–water partition coefficient (Wildman–Crippen LogP) is 4.21. The minimum Gasteiger partial charge on any atom is -0.503 e. The zero-order valence-electron chi connectivity index (χ0n) is 13.1. The average Bonchev–Trinajstić information content (AvgIpc) is 2.54. The molecule has 1 aromatic rings. The highest BCUT2D eigenvalue weighted by Gasteiger charge is 2.33. The maximum atomic E-state index is 12.8. The van der Waals surface area contributed by atoms with E-state index in [2.05, 4.69) is 37.2 Å². The van der Waals surface area contributed by atoms with Gasteiger partial charge in [0.2, 0.25) is 0 Å². The number of hydrogen-bond donors (Lipinski definition) is 2. The summed E-state index contributed by atoms with van der Waals surface area (Å²) in [7, 11) is 1.41. The largest absolute Gasteiger partial charge is 0.503 e. The lowest BCUT2D eigenvalue weighted by Crippen LogP contribution is -2.45. The van der Waals surface area contributed by atoms with E-state index in [1.54, 1.807) is 6.07 Å². The predicted molar refractivity (Wildman–Crippen MR) is 92.5 cm³/mol. The minimum absolute atomic E-state index is 0.0531. The Bertz CT molecular complexity index is 579. The molecule has 0 saturated carbocycles. The number of benzene rings is 1. The molecule has 1 heterocycles. The van der Waals surface area contributed by atoms with Crippen molar-refractivity contribution in [2.45, 2.75) is 25.1 Å². The fourth-order valence-electron chi connectivity index (χ4n) is 2.84.